The van der Waals surface area contributed by atoms with E-state index in [1.165, 1.54) is 0 Å². The van der Waals surface area contributed by atoms with Gasteiger partial charge in [-0.15, -0.1) is 0 Å². The molecule has 0 radical (unpaired) electrons. The highest BCUT2D eigenvalue weighted by Gasteiger charge is 2.40. The van der Waals surface area contributed by atoms with Crippen LogP contribution in [0, 0.1) is 0 Å². The summed E-state index contributed by atoms with van der Waals surface area (Å²) >= 11 is 0. The van der Waals surface area contributed by atoms with E-state index >= 15 is 0 Å². The number of benzene rings is 3. The predicted molar refractivity (Wildman–Crippen MR) is 124 cm³/mol. The lowest BCUT2D eigenvalue weighted by molar-refractivity contribution is -0.156. The molecule has 3 aromatic carbocycles. The molecule has 1 aliphatic rings. The molecule has 1 unspecified atom stereocenters. The van der Waals surface area contributed by atoms with E-state index in [0.29, 0.717) is 13.0 Å². The number of aliphatic hydroxyl groups is 1. The van der Waals surface area contributed by atoms with Gasteiger partial charge in [0.1, 0.15) is 29.3 Å². The minimum Gasteiger partial charge on any atom is -0.497 e. The number of hydrogen-bond acceptors (Lipinski definition) is 6. The van der Waals surface area contributed by atoms with Crippen molar-refractivity contribution in [2.75, 3.05) is 27.4 Å². The van der Waals surface area contributed by atoms with E-state index < -0.39 is 17.8 Å². The molecule has 6 heteroatoms. The van der Waals surface area contributed by atoms with Gasteiger partial charge < -0.3 is 24.1 Å². The van der Waals surface area contributed by atoms with Gasteiger partial charge in [-0.25, -0.2) is 0 Å². The molecule has 0 bridgehead atoms. The van der Waals surface area contributed by atoms with Crippen LogP contribution in [-0.4, -0.2) is 50.5 Å². The van der Waals surface area contributed by atoms with Crippen molar-refractivity contribution < 1.29 is 28.8 Å². The molecule has 0 aromatic heterocycles. The largest absolute Gasteiger partial charge is 0.497 e. The first-order valence-electron chi connectivity index (χ1n) is 10.9. The van der Waals surface area contributed by atoms with Crippen molar-refractivity contribution in [3.63, 3.8) is 0 Å². The molecule has 0 amide bonds. The monoisotopic (exact) mass is 448 g/mol. The van der Waals surface area contributed by atoms with Crippen LogP contribution < -0.4 is 9.47 Å². The molecule has 172 valence electrons. The fourth-order valence-corrected chi connectivity index (χ4v) is 4.17. The van der Waals surface area contributed by atoms with Gasteiger partial charge in [0.25, 0.3) is 0 Å². The van der Waals surface area contributed by atoms with Crippen molar-refractivity contribution in [1.82, 2.24) is 0 Å². The zero-order valence-corrected chi connectivity index (χ0v) is 18.8. The van der Waals surface area contributed by atoms with Gasteiger partial charge in [-0.2, -0.15) is 0 Å². The van der Waals surface area contributed by atoms with Gasteiger partial charge in [-0.05, 0) is 41.0 Å². The molecule has 1 heterocycles. The van der Waals surface area contributed by atoms with E-state index in [4.69, 9.17) is 18.9 Å². The molecule has 0 saturated carbocycles. The first-order valence-corrected chi connectivity index (χ1v) is 10.9. The summed E-state index contributed by atoms with van der Waals surface area (Å²) in [6.45, 7) is 0.299. The van der Waals surface area contributed by atoms with E-state index in [2.05, 4.69) is 0 Å². The minimum absolute atomic E-state index is 0.0111. The first kappa shape index (κ1) is 23.0. The number of methoxy groups -OCH3 is 2. The van der Waals surface area contributed by atoms with Gasteiger partial charge in [0.15, 0.2) is 5.78 Å². The Hall–Kier alpha value is -3.19. The highest BCUT2D eigenvalue weighted by molar-refractivity contribution is 5.87. The topological polar surface area (TPSA) is 74.2 Å². The van der Waals surface area contributed by atoms with Crippen LogP contribution in [0.15, 0.2) is 78.9 Å². The van der Waals surface area contributed by atoms with E-state index in [-0.39, 0.29) is 12.4 Å². The van der Waals surface area contributed by atoms with Crippen LogP contribution in [0.4, 0.5) is 0 Å². The maximum atomic E-state index is 12.5. The van der Waals surface area contributed by atoms with Gasteiger partial charge in [-0.1, -0.05) is 54.6 Å². The summed E-state index contributed by atoms with van der Waals surface area (Å²) in [5, 5.41) is 10.0. The predicted octanol–water partition coefficient (Wildman–Crippen LogP) is 3.73. The standard InChI is InChI=1S/C27H28O6/c1-30-22-12-8-20(9-13-22)27(19-6-4-3-5-7-19,21-10-14-23(31-2)15-11-21)33-18-25-26(29)24(28)16-17-32-25/h3-15,24-25,28H,16-18H2,1-2H3/t24?,25-/m1/s1. The summed E-state index contributed by atoms with van der Waals surface area (Å²) in [5.74, 6) is 1.10. The number of carbonyl (C=O) groups is 1. The van der Waals surface area contributed by atoms with E-state index in [1.807, 2.05) is 78.9 Å². The van der Waals surface area contributed by atoms with Crippen LogP contribution in [0.1, 0.15) is 23.1 Å². The second kappa shape index (κ2) is 10.2. The lowest BCUT2D eigenvalue weighted by Crippen LogP contribution is -2.45. The molecule has 6 nitrogen and oxygen atoms in total. The Morgan fingerprint density at radius 1 is 0.848 bits per heavy atom. The third kappa shape index (κ3) is 4.64. The number of ketones is 1. The number of Topliss-reactive ketones (excluding diaryl/α,β-unsaturated/α-hetero) is 1. The molecule has 0 aliphatic carbocycles. The highest BCUT2D eigenvalue weighted by Crippen LogP contribution is 2.42. The van der Waals surface area contributed by atoms with Crippen LogP contribution in [0.25, 0.3) is 0 Å². The zero-order chi connectivity index (χ0) is 23.3. The Labute approximate surface area is 193 Å². The summed E-state index contributed by atoms with van der Waals surface area (Å²) in [5.41, 5.74) is 1.59. The van der Waals surface area contributed by atoms with Crippen LogP contribution >= 0.6 is 0 Å². The van der Waals surface area contributed by atoms with Crippen LogP contribution in [-0.2, 0) is 19.9 Å². The summed E-state index contributed by atoms with van der Waals surface area (Å²) < 4.78 is 23.0. The van der Waals surface area contributed by atoms with Gasteiger partial charge >= 0.3 is 0 Å². The van der Waals surface area contributed by atoms with Crippen molar-refractivity contribution in [1.29, 1.82) is 0 Å². The normalized spacial score (nSPS) is 18.7. The molecule has 4 rings (SSSR count). The second-order valence-electron chi connectivity index (χ2n) is 7.88. The molecule has 33 heavy (non-hydrogen) atoms. The number of aliphatic hydroxyl groups excluding tert-OH is 1. The fourth-order valence-electron chi connectivity index (χ4n) is 4.17. The molecule has 1 saturated heterocycles. The van der Waals surface area contributed by atoms with Crippen LogP contribution in [0.3, 0.4) is 0 Å². The maximum Gasteiger partial charge on any atom is 0.192 e. The Balaban J connectivity index is 1.84. The van der Waals surface area contributed by atoms with E-state index in [1.54, 1.807) is 14.2 Å². The fraction of sp³-hybridized carbons (Fsp3) is 0.296. The van der Waals surface area contributed by atoms with Gasteiger partial charge in [0.05, 0.1) is 27.4 Å². The van der Waals surface area contributed by atoms with Gasteiger partial charge in [0.2, 0.25) is 0 Å². The van der Waals surface area contributed by atoms with E-state index in [0.717, 1.165) is 28.2 Å². The van der Waals surface area contributed by atoms with Crippen LogP contribution in [0.2, 0.25) is 0 Å². The Bertz CT molecular complexity index is 999. The summed E-state index contributed by atoms with van der Waals surface area (Å²) in [7, 11) is 3.24. The van der Waals surface area contributed by atoms with Crippen molar-refractivity contribution in [2.45, 2.75) is 24.2 Å². The van der Waals surface area contributed by atoms with Gasteiger partial charge in [0, 0.05) is 6.42 Å². The molecule has 3 aromatic rings. The van der Waals surface area contributed by atoms with Crippen molar-refractivity contribution >= 4 is 5.78 Å². The summed E-state index contributed by atoms with van der Waals surface area (Å²) in [6.07, 6.45) is -1.57. The molecule has 1 aliphatic heterocycles. The number of rotatable bonds is 8. The SMILES string of the molecule is COc1ccc(C(OC[C@H]2OCCC(O)C2=O)(c2ccccc2)c2ccc(OC)cc2)cc1. The molecule has 1 N–H and O–H groups in total. The molecule has 0 spiro atoms. The smallest absolute Gasteiger partial charge is 0.192 e. The Kier molecular flexibility index (Phi) is 7.08. The van der Waals surface area contributed by atoms with Gasteiger partial charge in [-0.3, -0.25) is 4.79 Å². The van der Waals surface area contributed by atoms with Crippen molar-refractivity contribution in [3.8, 4) is 11.5 Å². The minimum atomic E-state index is -1.04. The zero-order valence-electron chi connectivity index (χ0n) is 18.8. The molecular formula is C27H28O6. The highest BCUT2D eigenvalue weighted by atomic mass is 16.5. The third-order valence-electron chi connectivity index (χ3n) is 5.98. The lowest BCUT2D eigenvalue weighted by Gasteiger charge is -2.37. The maximum absolute atomic E-state index is 12.5. The lowest BCUT2D eigenvalue weighted by atomic mass is 9.80. The molecule has 2 atom stereocenters. The third-order valence-corrected chi connectivity index (χ3v) is 5.98. The summed E-state index contributed by atoms with van der Waals surface area (Å²) in [6, 6.07) is 25.2. The number of hydrogen-bond donors (Lipinski definition) is 1. The van der Waals surface area contributed by atoms with E-state index in [9.17, 15) is 9.90 Å². The average molecular weight is 449 g/mol. The average Bonchev–Trinajstić information content (AvgIpc) is 2.88. The first-order chi connectivity index (χ1) is 16.1. The van der Waals surface area contributed by atoms with Crippen molar-refractivity contribution in [3.05, 3.63) is 95.6 Å². The summed E-state index contributed by atoms with van der Waals surface area (Å²) in [4.78, 5) is 12.5. The second-order valence-corrected chi connectivity index (χ2v) is 7.88. The number of carbonyl (C=O) groups excluding carboxylic acids is 1. The number of ether oxygens (including phenoxy) is 4. The van der Waals surface area contributed by atoms with Crippen LogP contribution in [0.5, 0.6) is 11.5 Å². The molecule has 1 fully saturated rings. The Morgan fingerprint density at radius 2 is 1.36 bits per heavy atom. The molecular weight excluding hydrogens is 420 g/mol. The van der Waals surface area contributed by atoms with Crippen molar-refractivity contribution in [2.24, 2.45) is 0 Å². The Morgan fingerprint density at radius 3 is 1.88 bits per heavy atom. The quantitative estimate of drug-likeness (QED) is 0.530.